The predicted molar refractivity (Wildman–Crippen MR) is 73.8 cm³/mol. The fourth-order valence-electron chi connectivity index (χ4n) is 1.88. The lowest BCUT2D eigenvalue weighted by Gasteiger charge is -2.09. The van der Waals surface area contributed by atoms with Gasteiger partial charge in [0.1, 0.15) is 12.4 Å². The van der Waals surface area contributed by atoms with Gasteiger partial charge in [0, 0.05) is 6.54 Å². The molecule has 0 aliphatic heterocycles. The van der Waals surface area contributed by atoms with E-state index in [4.69, 9.17) is 4.74 Å². The van der Waals surface area contributed by atoms with Crippen LogP contribution >= 0.6 is 0 Å². The van der Waals surface area contributed by atoms with Crippen molar-refractivity contribution in [2.45, 2.75) is 40.0 Å². The van der Waals surface area contributed by atoms with Crippen LogP contribution in [0, 0.1) is 13.8 Å². The van der Waals surface area contributed by atoms with Crippen LogP contribution in [0.3, 0.4) is 0 Å². The standard InChI is InChI=1S/C15H25NO/c1-4-5-6-7-16-8-9-17-15-11-13(2)10-14(3)12-15/h10-12,16H,4-9H2,1-3H3. The summed E-state index contributed by atoms with van der Waals surface area (Å²) in [6.07, 6.45) is 3.85. The molecule has 0 spiro atoms. The highest BCUT2D eigenvalue weighted by Crippen LogP contribution is 2.15. The number of hydrogen-bond donors (Lipinski definition) is 1. The molecule has 2 nitrogen and oxygen atoms in total. The van der Waals surface area contributed by atoms with Gasteiger partial charge < -0.3 is 10.1 Å². The molecule has 0 saturated heterocycles. The Labute approximate surface area is 105 Å². The molecule has 0 aromatic heterocycles. The zero-order chi connectivity index (χ0) is 12.5. The van der Waals surface area contributed by atoms with E-state index >= 15 is 0 Å². The molecule has 0 heterocycles. The molecule has 0 amide bonds. The van der Waals surface area contributed by atoms with E-state index in [1.54, 1.807) is 0 Å². The Balaban J connectivity index is 2.13. The maximum atomic E-state index is 5.71. The summed E-state index contributed by atoms with van der Waals surface area (Å²) < 4.78 is 5.71. The summed E-state index contributed by atoms with van der Waals surface area (Å²) >= 11 is 0. The topological polar surface area (TPSA) is 21.3 Å². The third-order valence-corrected chi connectivity index (χ3v) is 2.70. The van der Waals surface area contributed by atoms with Crippen molar-refractivity contribution in [2.75, 3.05) is 19.7 Å². The Hall–Kier alpha value is -1.02. The number of benzene rings is 1. The average Bonchev–Trinajstić information content (AvgIpc) is 2.26. The molecule has 1 aromatic rings. The van der Waals surface area contributed by atoms with Crippen LogP contribution in [0.15, 0.2) is 18.2 Å². The summed E-state index contributed by atoms with van der Waals surface area (Å²) in [4.78, 5) is 0. The molecule has 1 rings (SSSR count). The van der Waals surface area contributed by atoms with Gasteiger partial charge in [-0.15, -0.1) is 0 Å². The minimum atomic E-state index is 0.745. The molecule has 1 N–H and O–H groups in total. The van der Waals surface area contributed by atoms with E-state index in [2.05, 4.69) is 44.3 Å². The molecule has 2 heteroatoms. The largest absolute Gasteiger partial charge is 0.492 e. The fourth-order valence-corrected chi connectivity index (χ4v) is 1.88. The second kappa shape index (κ2) is 8.13. The number of aryl methyl sites for hydroxylation is 2. The van der Waals surface area contributed by atoms with Crippen molar-refractivity contribution < 1.29 is 4.74 Å². The highest BCUT2D eigenvalue weighted by atomic mass is 16.5. The second-order valence-corrected chi connectivity index (χ2v) is 4.63. The summed E-state index contributed by atoms with van der Waals surface area (Å²) in [7, 11) is 0. The lowest BCUT2D eigenvalue weighted by atomic mass is 10.1. The molecule has 0 fully saturated rings. The molecule has 1 aromatic carbocycles. The highest BCUT2D eigenvalue weighted by molar-refractivity contribution is 5.32. The van der Waals surface area contributed by atoms with Crippen LogP contribution in [0.4, 0.5) is 0 Å². The number of ether oxygens (including phenoxy) is 1. The van der Waals surface area contributed by atoms with Crippen LogP contribution in [0.25, 0.3) is 0 Å². The molecule has 0 unspecified atom stereocenters. The molecule has 0 radical (unpaired) electrons. The molecular formula is C15H25NO. The Morgan fingerprint density at radius 2 is 1.71 bits per heavy atom. The maximum absolute atomic E-state index is 5.71. The summed E-state index contributed by atoms with van der Waals surface area (Å²) in [5.41, 5.74) is 2.52. The first-order valence-corrected chi connectivity index (χ1v) is 6.64. The van der Waals surface area contributed by atoms with Crippen LogP contribution in [-0.4, -0.2) is 19.7 Å². The third-order valence-electron chi connectivity index (χ3n) is 2.70. The van der Waals surface area contributed by atoms with Crippen LogP contribution in [0.1, 0.15) is 37.3 Å². The summed E-state index contributed by atoms with van der Waals surface area (Å²) in [5, 5.41) is 3.39. The van der Waals surface area contributed by atoms with E-state index in [-0.39, 0.29) is 0 Å². The molecule has 0 aliphatic carbocycles. The Kier molecular flexibility index (Phi) is 6.71. The molecule has 0 bridgehead atoms. The van der Waals surface area contributed by atoms with Crippen molar-refractivity contribution >= 4 is 0 Å². The van der Waals surface area contributed by atoms with Crippen molar-refractivity contribution in [3.8, 4) is 5.75 Å². The SMILES string of the molecule is CCCCCNCCOc1cc(C)cc(C)c1. The number of nitrogens with one attached hydrogen (secondary N) is 1. The quantitative estimate of drug-likeness (QED) is 0.697. The molecular weight excluding hydrogens is 210 g/mol. The Morgan fingerprint density at radius 1 is 1.00 bits per heavy atom. The fraction of sp³-hybridized carbons (Fsp3) is 0.600. The minimum Gasteiger partial charge on any atom is -0.492 e. The summed E-state index contributed by atoms with van der Waals surface area (Å²) in [6, 6.07) is 6.34. The van der Waals surface area contributed by atoms with Crippen molar-refractivity contribution in [3.05, 3.63) is 29.3 Å². The maximum Gasteiger partial charge on any atom is 0.119 e. The van der Waals surface area contributed by atoms with Gasteiger partial charge in [-0.1, -0.05) is 25.8 Å². The first-order chi connectivity index (χ1) is 8.22. The third kappa shape index (κ3) is 6.32. The molecule has 0 atom stereocenters. The van der Waals surface area contributed by atoms with E-state index in [0.29, 0.717) is 0 Å². The Morgan fingerprint density at radius 3 is 2.35 bits per heavy atom. The monoisotopic (exact) mass is 235 g/mol. The van der Waals surface area contributed by atoms with Gasteiger partial charge in [-0.2, -0.15) is 0 Å². The van der Waals surface area contributed by atoms with Crippen molar-refractivity contribution in [1.82, 2.24) is 5.32 Å². The van der Waals surface area contributed by atoms with Crippen LogP contribution in [0.2, 0.25) is 0 Å². The van der Waals surface area contributed by atoms with Crippen molar-refractivity contribution in [1.29, 1.82) is 0 Å². The molecule has 96 valence electrons. The molecule has 17 heavy (non-hydrogen) atoms. The van der Waals surface area contributed by atoms with Gasteiger partial charge in [-0.3, -0.25) is 0 Å². The van der Waals surface area contributed by atoms with E-state index in [1.807, 2.05) is 0 Å². The lowest BCUT2D eigenvalue weighted by molar-refractivity contribution is 0.313. The van der Waals surface area contributed by atoms with Gasteiger partial charge >= 0.3 is 0 Å². The average molecular weight is 235 g/mol. The van der Waals surface area contributed by atoms with Crippen LogP contribution < -0.4 is 10.1 Å². The van der Waals surface area contributed by atoms with Gasteiger partial charge in [0.2, 0.25) is 0 Å². The minimum absolute atomic E-state index is 0.745. The van der Waals surface area contributed by atoms with Gasteiger partial charge in [0.15, 0.2) is 0 Å². The smallest absolute Gasteiger partial charge is 0.119 e. The first-order valence-electron chi connectivity index (χ1n) is 6.64. The predicted octanol–water partition coefficient (Wildman–Crippen LogP) is 3.46. The molecule has 0 aliphatic rings. The Bertz CT molecular complexity index is 302. The number of unbranched alkanes of at least 4 members (excludes halogenated alkanes) is 2. The highest BCUT2D eigenvalue weighted by Gasteiger charge is 1.96. The number of hydrogen-bond acceptors (Lipinski definition) is 2. The van der Waals surface area contributed by atoms with E-state index < -0.39 is 0 Å². The number of rotatable bonds is 8. The zero-order valence-corrected chi connectivity index (χ0v) is 11.4. The van der Waals surface area contributed by atoms with Crippen molar-refractivity contribution in [3.63, 3.8) is 0 Å². The van der Waals surface area contributed by atoms with E-state index in [1.165, 1.54) is 30.4 Å². The lowest BCUT2D eigenvalue weighted by Crippen LogP contribution is -2.22. The summed E-state index contributed by atoms with van der Waals surface area (Å²) in [6.45, 7) is 9.20. The first kappa shape index (κ1) is 14.0. The van der Waals surface area contributed by atoms with Gasteiger partial charge in [0.25, 0.3) is 0 Å². The second-order valence-electron chi connectivity index (χ2n) is 4.63. The summed E-state index contributed by atoms with van der Waals surface area (Å²) in [5.74, 6) is 0.984. The van der Waals surface area contributed by atoms with E-state index in [9.17, 15) is 0 Å². The normalized spacial score (nSPS) is 10.5. The van der Waals surface area contributed by atoms with Crippen molar-refractivity contribution in [2.24, 2.45) is 0 Å². The zero-order valence-electron chi connectivity index (χ0n) is 11.4. The molecule has 0 saturated carbocycles. The van der Waals surface area contributed by atoms with E-state index in [0.717, 1.165) is 25.4 Å². The van der Waals surface area contributed by atoms with Crippen LogP contribution in [0.5, 0.6) is 5.75 Å². The van der Waals surface area contributed by atoms with Gasteiger partial charge in [-0.05, 0) is 50.1 Å². The van der Waals surface area contributed by atoms with Crippen LogP contribution in [-0.2, 0) is 0 Å². The van der Waals surface area contributed by atoms with Gasteiger partial charge in [-0.25, -0.2) is 0 Å². The van der Waals surface area contributed by atoms with Gasteiger partial charge in [0.05, 0.1) is 0 Å².